The van der Waals surface area contributed by atoms with Crippen molar-refractivity contribution < 1.29 is 5.21 Å². The highest BCUT2D eigenvalue weighted by molar-refractivity contribution is 5.83. The van der Waals surface area contributed by atoms with Crippen LogP contribution in [0.4, 0.5) is 0 Å². The van der Waals surface area contributed by atoms with Crippen LogP contribution in [-0.4, -0.2) is 16.3 Å². The number of hydroxylamine groups is 1. The van der Waals surface area contributed by atoms with E-state index in [1.54, 1.807) is 0 Å². The fourth-order valence-electron chi connectivity index (χ4n) is 1.82. The molecule has 3 heteroatoms. The lowest BCUT2D eigenvalue weighted by atomic mass is 10.1. The normalized spacial score (nSPS) is 11.0. The quantitative estimate of drug-likeness (QED) is 0.723. The van der Waals surface area contributed by atoms with Gasteiger partial charge in [-0.15, -0.1) is 0 Å². The molecule has 3 nitrogen and oxygen atoms in total. The molecule has 2 aromatic rings. The summed E-state index contributed by atoms with van der Waals surface area (Å²) in [5.74, 6) is 0. The number of rotatable bonds is 3. The number of aromatic nitrogens is 1. The van der Waals surface area contributed by atoms with E-state index in [0.29, 0.717) is 6.54 Å². The summed E-state index contributed by atoms with van der Waals surface area (Å²) in [6.07, 6.45) is 2.96. The van der Waals surface area contributed by atoms with Crippen LogP contribution in [0.5, 0.6) is 0 Å². The van der Waals surface area contributed by atoms with Crippen molar-refractivity contribution >= 4 is 10.9 Å². The molecule has 1 aromatic carbocycles. The van der Waals surface area contributed by atoms with Crippen LogP contribution in [0.3, 0.4) is 0 Å². The largest absolute Gasteiger partial charge is 0.350 e. The molecule has 0 saturated carbocycles. The van der Waals surface area contributed by atoms with Crippen molar-refractivity contribution in [2.75, 3.05) is 6.54 Å². The first kappa shape index (κ1) is 9.24. The SMILES string of the molecule is Cn1cc(CCNO)c2ccccc21. The van der Waals surface area contributed by atoms with Gasteiger partial charge in [0.25, 0.3) is 0 Å². The maximum absolute atomic E-state index is 8.55. The Morgan fingerprint density at radius 3 is 2.93 bits per heavy atom. The predicted molar refractivity (Wildman–Crippen MR) is 56.4 cm³/mol. The third-order valence-electron chi connectivity index (χ3n) is 2.49. The predicted octanol–water partition coefficient (Wildman–Crippen LogP) is 1.70. The van der Waals surface area contributed by atoms with Crippen molar-refractivity contribution in [2.45, 2.75) is 6.42 Å². The average molecular weight is 190 g/mol. The zero-order valence-electron chi connectivity index (χ0n) is 8.20. The van der Waals surface area contributed by atoms with E-state index < -0.39 is 0 Å². The second-order valence-corrected chi connectivity index (χ2v) is 3.44. The summed E-state index contributed by atoms with van der Waals surface area (Å²) >= 11 is 0. The van der Waals surface area contributed by atoms with Gasteiger partial charge in [0.1, 0.15) is 0 Å². The number of nitrogens with one attached hydrogen (secondary N) is 1. The Bertz CT molecular complexity index is 434. The molecule has 0 saturated heterocycles. The third kappa shape index (κ3) is 1.52. The molecule has 0 atom stereocenters. The maximum atomic E-state index is 8.55. The number of benzene rings is 1. The van der Waals surface area contributed by atoms with Crippen LogP contribution < -0.4 is 5.48 Å². The van der Waals surface area contributed by atoms with Gasteiger partial charge in [0.05, 0.1) is 0 Å². The molecule has 74 valence electrons. The van der Waals surface area contributed by atoms with Gasteiger partial charge in [-0.05, 0) is 18.1 Å². The zero-order valence-corrected chi connectivity index (χ0v) is 8.20. The van der Waals surface area contributed by atoms with Gasteiger partial charge < -0.3 is 9.77 Å². The summed E-state index contributed by atoms with van der Waals surface area (Å²) < 4.78 is 2.11. The lowest BCUT2D eigenvalue weighted by Gasteiger charge is -1.96. The molecule has 0 aliphatic rings. The van der Waals surface area contributed by atoms with E-state index in [1.807, 2.05) is 19.2 Å². The lowest BCUT2D eigenvalue weighted by molar-refractivity contribution is 0.168. The van der Waals surface area contributed by atoms with E-state index >= 15 is 0 Å². The van der Waals surface area contributed by atoms with Gasteiger partial charge in [0.15, 0.2) is 0 Å². The van der Waals surface area contributed by atoms with Crippen molar-refractivity contribution in [1.29, 1.82) is 0 Å². The van der Waals surface area contributed by atoms with Crippen molar-refractivity contribution in [2.24, 2.45) is 7.05 Å². The highest BCUT2D eigenvalue weighted by atomic mass is 16.5. The Labute approximate surface area is 82.9 Å². The number of hydrogen-bond donors (Lipinski definition) is 2. The summed E-state index contributed by atoms with van der Waals surface area (Å²) in [6, 6.07) is 8.29. The summed E-state index contributed by atoms with van der Waals surface area (Å²) in [6.45, 7) is 0.591. The topological polar surface area (TPSA) is 37.2 Å². The molecule has 1 heterocycles. The Balaban J connectivity index is 2.44. The monoisotopic (exact) mass is 190 g/mol. The molecule has 2 rings (SSSR count). The zero-order chi connectivity index (χ0) is 9.97. The average Bonchev–Trinajstić information content (AvgIpc) is 2.54. The van der Waals surface area contributed by atoms with Gasteiger partial charge in [-0.25, -0.2) is 5.48 Å². The summed E-state index contributed by atoms with van der Waals surface area (Å²) in [5, 5.41) is 9.82. The standard InChI is InChI=1S/C11H14N2O/c1-13-8-9(6-7-12-14)10-4-2-3-5-11(10)13/h2-5,8,12,14H,6-7H2,1H3. The minimum absolute atomic E-state index is 0.591. The number of nitrogens with zero attached hydrogens (tertiary/aromatic N) is 1. The first-order valence-corrected chi connectivity index (χ1v) is 4.73. The van der Waals surface area contributed by atoms with E-state index in [1.165, 1.54) is 16.5 Å². The molecule has 2 N–H and O–H groups in total. The fraction of sp³-hybridized carbons (Fsp3) is 0.273. The fourth-order valence-corrected chi connectivity index (χ4v) is 1.82. The van der Waals surface area contributed by atoms with Crippen LogP contribution in [0, 0.1) is 0 Å². The van der Waals surface area contributed by atoms with Crippen LogP contribution >= 0.6 is 0 Å². The van der Waals surface area contributed by atoms with E-state index in [-0.39, 0.29) is 0 Å². The molecule has 0 amide bonds. The minimum atomic E-state index is 0.591. The Hall–Kier alpha value is -1.32. The number of para-hydroxylation sites is 1. The minimum Gasteiger partial charge on any atom is -0.350 e. The second kappa shape index (κ2) is 3.82. The first-order chi connectivity index (χ1) is 6.83. The molecule has 0 bridgehead atoms. The second-order valence-electron chi connectivity index (χ2n) is 3.44. The van der Waals surface area contributed by atoms with Crippen molar-refractivity contribution in [3.05, 3.63) is 36.0 Å². The summed E-state index contributed by atoms with van der Waals surface area (Å²) in [4.78, 5) is 0. The lowest BCUT2D eigenvalue weighted by Crippen LogP contribution is -2.10. The molecular weight excluding hydrogens is 176 g/mol. The van der Waals surface area contributed by atoms with Gasteiger partial charge in [-0.2, -0.15) is 0 Å². The van der Waals surface area contributed by atoms with Gasteiger partial charge in [0.2, 0.25) is 0 Å². The first-order valence-electron chi connectivity index (χ1n) is 4.73. The number of aryl methyl sites for hydroxylation is 1. The van der Waals surface area contributed by atoms with Crippen LogP contribution in [0.15, 0.2) is 30.5 Å². The molecule has 0 spiro atoms. The number of fused-ring (bicyclic) bond motifs is 1. The van der Waals surface area contributed by atoms with E-state index in [9.17, 15) is 0 Å². The molecule has 0 fully saturated rings. The van der Waals surface area contributed by atoms with Crippen molar-refractivity contribution in [1.82, 2.24) is 10.0 Å². The van der Waals surface area contributed by atoms with E-state index in [4.69, 9.17) is 5.21 Å². The molecule has 1 aromatic heterocycles. The van der Waals surface area contributed by atoms with Crippen LogP contribution in [-0.2, 0) is 13.5 Å². The highest BCUT2D eigenvalue weighted by Crippen LogP contribution is 2.20. The Morgan fingerprint density at radius 1 is 1.36 bits per heavy atom. The molecule has 0 aliphatic carbocycles. The van der Waals surface area contributed by atoms with Crippen LogP contribution in [0.25, 0.3) is 10.9 Å². The maximum Gasteiger partial charge on any atom is 0.0480 e. The van der Waals surface area contributed by atoms with E-state index in [2.05, 4.69) is 28.4 Å². The molecule has 0 unspecified atom stereocenters. The summed E-state index contributed by atoms with van der Waals surface area (Å²) in [5.41, 5.74) is 4.69. The van der Waals surface area contributed by atoms with Crippen LogP contribution in [0.2, 0.25) is 0 Å². The smallest absolute Gasteiger partial charge is 0.0480 e. The van der Waals surface area contributed by atoms with Gasteiger partial charge >= 0.3 is 0 Å². The Kier molecular flexibility index (Phi) is 2.52. The Morgan fingerprint density at radius 2 is 2.14 bits per heavy atom. The third-order valence-corrected chi connectivity index (χ3v) is 2.49. The molecule has 14 heavy (non-hydrogen) atoms. The van der Waals surface area contributed by atoms with Crippen molar-refractivity contribution in [3.63, 3.8) is 0 Å². The number of hydrogen-bond acceptors (Lipinski definition) is 2. The molecular formula is C11H14N2O. The molecule has 0 aliphatic heterocycles. The highest BCUT2D eigenvalue weighted by Gasteiger charge is 2.04. The van der Waals surface area contributed by atoms with Gasteiger partial charge in [-0.1, -0.05) is 18.2 Å². The van der Waals surface area contributed by atoms with Gasteiger partial charge in [0, 0.05) is 30.7 Å². The van der Waals surface area contributed by atoms with Crippen LogP contribution in [0.1, 0.15) is 5.56 Å². The van der Waals surface area contributed by atoms with Gasteiger partial charge in [-0.3, -0.25) is 0 Å². The summed E-state index contributed by atoms with van der Waals surface area (Å²) in [7, 11) is 2.04. The molecule has 0 radical (unpaired) electrons. The van der Waals surface area contributed by atoms with Crippen molar-refractivity contribution in [3.8, 4) is 0 Å². The van der Waals surface area contributed by atoms with E-state index in [0.717, 1.165) is 6.42 Å².